The number of fused-ring (bicyclic) bond motifs is 1. The molecule has 1 aromatic heterocycles. The van der Waals surface area contributed by atoms with Gasteiger partial charge in [-0.2, -0.15) is 0 Å². The van der Waals surface area contributed by atoms with Crippen LogP contribution in [-0.2, 0) is 0 Å². The first-order valence-corrected chi connectivity index (χ1v) is 4.37. The highest BCUT2D eigenvalue weighted by molar-refractivity contribution is 9.10. The number of nitrogens with zero attached hydrogens (tertiary/aromatic N) is 1. The summed E-state index contributed by atoms with van der Waals surface area (Å²) < 4.78 is 0.777. The van der Waals surface area contributed by atoms with Gasteiger partial charge in [0.25, 0.3) is 0 Å². The number of anilines is 1. The Morgan fingerprint density at radius 3 is 2.69 bits per heavy atom. The summed E-state index contributed by atoms with van der Waals surface area (Å²) in [6, 6.07) is 9.61. The van der Waals surface area contributed by atoms with Gasteiger partial charge in [-0.3, -0.25) is 0 Å². The molecule has 1 heterocycles. The second-order valence-corrected chi connectivity index (χ2v) is 3.36. The van der Waals surface area contributed by atoms with Gasteiger partial charge in [-0.15, -0.1) is 12.4 Å². The lowest BCUT2D eigenvalue weighted by atomic mass is 10.2. The van der Waals surface area contributed by atoms with E-state index in [1.165, 1.54) is 0 Å². The van der Waals surface area contributed by atoms with E-state index >= 15 is 0 Å². The van der Waals surface area contributed by atoms with Gasteiger partial charge in [0.05, 0.1) is 5.52 Å². The molecule has 68 valence electrons. The smallest absolute Gasteiger partial charge is 0.108 e. The van der Waals surface area contributed by atoms with E-state index in [0.29, 0.717) is 0 Å². The normalized spacial score (nSPS) is 9.62. The number of nitrogens with two attached hydrogens (primary N) is 1. The first kappa shape index (κ1) is 10.3. The zero-order chi connectivity index (χ0) is 8.55. The van der Waals surface area contributed by atoms with Gasteiger partial charge < -0.3 is 5.73 Å². The molecule has 0 saturated heterocycles. The predicted octanol–water partition coefficient (Wildman–Crippen LogP) is 3.00. The number of para-hydroxylation sites is 1. The van der Waals surface area contributed by atoms with Crippen LogP contribution in [0.2, 0.25) is 0 Å². The molecule has 0 saturated carbocycles. The van der Waals surface area contributed by atoms with Crippen molar-refractivity contribution in [2.24, 2.45) is 0 Å². The lowest BCUT2D eigenvalue weighted by molar-refractivity contribution is 1.35. The van der Waals surface area contributed by atoms with E-state index in [2.05, 4.69) is 20.9 Å². The van der Waals surface area contributed by atoms with E-state index in [9.17, 15) is 0 Å². The van der Waals surface area contributed by atoms with Crippen molar-refractivity contribution in [1.82, 2.24) is 4.98 Å². The van der Waals surface area contributed by atoms with Crippen molar-refractivity contribution in [2.75, 3.05) is 5.73 Å². The number of hydrogen-bond donors (Lipinski definition) is 1. The minimum absolute atomic E-state index is 0. The number of pyridine rings is 1. The summed E-state index contributed by atoms with van der Waals surface area (Å²) in [5.74, 6) is 0. The molecule has 2 aromatic rings. The molecule has 0 aliphatic rings. The van der Waals surface area contributed by atoms with Gasteiger partial charge in [-0.25, -0.2) is 4.98 Å². The fourth-order valence-corrected chi connectivity index (χ4v) is 1.61. The van der Waals surface area contributed by atoms with Gasteiger partial charge in [-0.1, -0.05) is 18.2 Å². The zero-order valence-electron chi connectivity index (χ0n) is 6.70. The Bertz CT molecular complexity index is 431. The van der Waals surface area contributed by atoms with Crippen molar-refractivity contribution in [1.29, 1.82) is 0 Å². The quantitative estimate of drug-likeness (QED) is 0.739. The van der Waals surface area contributed by atoms with Crippen LogP contribution in [0.3, 0.4) is 0 Å². The molecule has 0 unspecified atom stereocenters. The molecule has 0 aliphatic heterocycles. The highest BCUT2D eigenvalue weighted by Gasteiger charge is 1.98. The average Bonchev–Trinajstić information content (AvgIpc) is 2.04. The van der Waals surface area contributed by atoms with E-state index in [1.54, 1.807) is 0 Å². The maximum Gasteiger partial charge on any atom is 0.108 e. The van der Waals surface area contributed by atoms with Crippen LogP contribution in [0.4, 0.5) is 5.69 Å². The molecule has 2 nitrogen and oxygen atoms in total. The minimum atomic E-state index is 0. The largest absolute Gasteiger partial charge is 0.398 e. The highest BCUT2D eigenvalue weighted by Crippen LogP contribution is 2.22. The van der Waals surface area contributed by atoms with E-state index in [-0.39, 0.29) is 12.4 Å². The topological polar surface area (TPSA) is 38.9 Å². The summed E-state index contributed by atoms with van der Waals surface area (Å²) in [7, 11) is 0. The molecule has 13 heavy (non-hydrogen) atoms. The fourth-order valence-electron chi connectivity index (χ4n) is 1.17. The molecule has 2 rings (SSSR count). The number of nitrogen functional groups attached to an aromatic ring is 1. The van der Waals surface area contributed by atoms with Crippen LogP contribution in [-0.4, -0.2) is 4.98 Å². The van der Waals surface area contributed by atoms with Crippen LogP contribution in [0.5, 0.6) is 0 Å². The lowest BCUT2D eigenvalue weighted by Gasteiger charge is -2.00. The Kier molecular flexibility index (Phi) is 3.12. The summed E-state index contributed by atoms with van der Waals surface area (Å²) in [5.41, 5.74) is 7.46. The third-order valence-corrected chi connectivity index (χ3v) is 2.12. The third-order valence-electron chi connectivity index (χ3n) is 1.72. The summed E-state index contributed by atoms with van der Waals surface area (Å²) in [4.78, 5) is 4.27. The van der Waals surface area contributed by atoms with Crippen LogP contribution in [0.1, 0.15) is 0 Å². The SMILES string of the molecule is Cl.Nc1cc(Br)nc2ccccc12. The average molecular weight is 260 g/mol. The van der Waals surface area contributed by atoms with Crippen LogP contribution in [0, 0.1) is 0 Å². The van der Waals surface area contributed by atoms with E-state index < -0.39 is 0 Å². The van der Waals surface area contributed by atoms with Crippen molar-refractivity contribution in [3.05, 3.63) is 34.9 Å². The van der Waals surface area contributed by atoms with E-state index in [4.69, 9.17) is 5.73 Å². The number of hydrogen-bond acceptors (Lipinski definition) is 2. The molecule has 0 radical (unpaired) electrons. The highest BCUT2D eigenvalue weighted by atomic mass is 79.9. The second kappa shape index (κ2) is 3.94. The monoisotopic (exact) mass is 258 g/mol. The summed E-state index contributed by atoms with van der Waals surface area (Å²) in [6.45, 7) is 0. The minimum Gasteiger partial charge on any atom is -0.398 e. The van der Waals surface area contributed by atoms with Crippen molar-refractivity contribution in [3.8, 4) is 0 Å². The van der Waals surface area contributed by atoms with E-state index in [1.807, 2.05) is 30.3 Å². The lowest BCUT2D eigenvalue weighted by Crippen LogP contribution is -1.89. The Hall–Kier alpha value is -0.800. The molecule has 0 atom stereocenters. The molecule has 1 aromatic carbocycles. The van der Waals surface area contributed by atoms with Crippen LogP contribution >= 0.6 is 28.3 Å². The number of halogens is 2. The molecule has 2 N–H and O–H groups in total. The van der Waals surface area contributed by atoms with Crippen molar-refractivity contribution in [3.63, 3.8) is 0 Å². The maximum absolute atomic E-state index is 5.79. The molecule has 0 aliphatic carbocycles. The maximum atomic E-state index is 5.79. The van der Waals surface area contributed by atoms with Crippen molar-refractivity contribution >= 4 is 44.9 Å². The molecule has 0 spiro atoms. The van der Waals surface area contributed by atoms with Gasteiger partial charge in [-0.05, 0) is 28.1 Å². The summed E-state index contributed by atoms with van der Waals surface area (Å²) in [5, 5.41) is 1.00. The van der Waals surface area contributed by atoms with Crippen LogP contribution in [0.15, 0.2) is 34.9 Å². The van der Waals surface area contributed by atoms with Crippen LogP contribution in [0.25, 0.3) is 10.9 Å². The summed E-state index contributed by atoms with van der Waals surface area (Å²) in [6.07, 6.45) is 0. The van der Waals surface area contributed by atoms with Gasteiger partial charge in [0.2, 0.25) is 0 Å². The van der Waals surface area contributed by atoms with Gasteiger partial charge >= 0.3 is 0 Å². The van der Waals surface area contributed by atoms with Gasteiger partial charge in [0, 0.05) is 11.1 Å². The molecule has 4 heteroatoms. The first-order valence-electron chi connectivity index (χ1n) is 3.58. The second-order valence-electron chi connectivity index (χ2n) is 2.55. The van der Waals surface area contributed by atoms with E-state index in [0.717, 1.165) is 21.2 Å². The predicted molar refractivity (Wildman–Crippen MR) is 61.1 cm³/mol. The number of benzene rings is 1. The zero-order valence-corrected chi connectivity index (χ0v) is 9.10. The number of rotatable bonds is 0. The van der Waals surface area contributed by atoms with Gasteiger partial charge in [0.15, 0.2) is 0 Å². The Morgan fingerprint density at radius 1 is 1.23 bits per heavy atom. The number of aromatic nitrogens is 1. The Morgan fingerprint density at radius 2 is 1.92 bits per heavy atom. The van der Waals surface area contributed by atoms with Gasteiger partial charge in [0.1, 0.15) is 4.60 Å². The fraction of sp³-hybridized carbons (Fsp3) is 0. The van der Waals surface area contributed by atoms with Crippen LogP contribution < -0.4 is 5.73 Å². The summed E-state index contributed by atoms with van der Waals surface area (Å²) >= 11 is 3.29. The first-order chi connectivity index (χ1) is 5.77. The van der Waals surface area contributed by atoms with Crippen molar-refractivity contribution < 1.29 is 0 Å². The molecular weight excluding hydrogens is 251 g/mol. The Labute approximate surface area is 90.7 Å². The standard InChI is InChI=1S/C9H7BrN2.ClH/c10-9-5-7(11)6-3-1-2-4-8(6)12-9;/h1-5H,(H2,11,12);1H. The van der Waals surface area contributed by atoms with Crippen molar-refractivity contribution in [2.45, 2.75) is 0 Å². The molecule has 0 amide bonds. The molecule has 0 bridgehead atoms. The molecule has 0 fully saturated rings. The third kappa shape index (κ3) is 1.92. The molecular formula is C9H8BrClN2. The Balaban J connectivity index is 0.000000845.